The highest BCUT2D eigenvalue weighted by atomic mass is 16.1. The molecule has 1 amide bonds. The highest BCUT2D eigenvalue weighted by Gasteiger charge is 2.12. The third-order valence-electron chi connectivity index (χ3n) is 4.96. The zero-order valence-corrected chi connectivity index (χ0v) is 16.6. The summed E-state index contributed by atoms with van der Waals surface area (Å²) in [5.41, 5.74) is 3.24. The van der Waals surface area contributed by atoms with Gasteiger partial charge in [0.25, 0.3) is 5.91 Å². The van der Waals surface area contributed by atoms with E-state index in [4.69, 9.17) is 0 Å². The molecule has 4 rings (SSSR count). The van der Waals surface area contributed by atoms with Crippen LogP contribution in [0.15, 0.2) is 60.7 Å². The first-order chi connectivity index (χ1) is 14.2. The molecular formula is C23H25N5O. The molecule has 1 aromatic heterocycles. The summed E-state index contributed by atoms with van der Waals surface area (Å²) < 4.78 is 0. The van der Waals surface area contributed by atoms with E-state index in [-0.39, 0.29) is 5.91 Å². The van der Waals surface area contributed by atoms with E-state index in [2.05, 4.69) is 37.6 Å². The van der Waals surface area contributed by atoms with E-state index in [1.165, 1.54) is 24.9 Å². The van der Waals surface area contributed by atoms with Crippen molar-refractivity contribution < 1.29 is 4.79 Å². The molecule has 0 atom stereocenters. The highest BCUT2D eigenvalue weighted by molar-refractivity contribution is 6.03. The van der Waals surface area contributed by atoms with Gasteiger partial charge in [-0.3, -0.25) is 4.79 Å². The zero-order chi connectivity index (χ0) is 20.1. The number of aromatic nitrogens is 2. The van der Waals surface area contributed by atoms with Crippen LogP contribution < -0.4 is 15.5 Å². The summed E-state index contributed by atoms with van der Waals surface area (Å²) in [5, 5.41) is 6.14. The Morgan fingerprint density at radius 1 is 0.897 bits per heavy atom. The highest BCUT2D eigenvalue weighted by Crippen LogP contribution is 2.23. The summed E-state index contributed by atoms with van der Waals surface area (Å²) in [4.78, 5) is 23.7. The van der Waals surface area contributed by atoms with E-state index in [1.54, 1.807) is 13.0 Å². The molecule has 1 fully saturated rings. The van der Waals surface area contributed by atoms with Crippen LogP contribution in [0, 0.1) is 6.92 Å². The van der Waals surface area contributed by atoms with Gasteiger partial charge in [-0.1, -0.05) is 18.2 Å². The molecule has 2 aromatic carbocycles. The van der Waals surface area contributed by atoms with Crippen molar-refractivity contribution in [3.8, 4) is 0 Å². The summed E-state index contributed by atoms with van der Waals surface area (Å²) in [5.74, 6) is 0.879. The molecule has 0 radical (unpaired) electrons. The first-order valence-corrected chi connectivity index (χ1v) is 10.0. The number of nitrogens with zero attached hydrogens (tertiary/aromatic N) is 3. The van der Waals surface area contributed by atoms with Crippen molar-refractivity contribution in [2.75, 3.05) is 28.6 Å². The molecule has 1 aliphatic rings. The molecule has 2 N–H and O–H groups in total. The Labute approximate surface area is 171 Å². The third kappa shape index (κ3) is 4.90. The summed E-state index contributed by atoms with van der Waals surface area (Å²) in [7, 11) is 0. The lowest BCUT2D eigenvalue weighted by molar-refractivity contribution is 0.102. The van der Waals surface area contributed by atoms with Crippen molar-refractivity contribution in [1.29, 1.82) is 0 Å². The van der Waals surface area contributed by atoms with Crippen LogP contribution in [0.3, 0.4) is 0 Å². The Hall–Kier alpha value is -3.41. The van der Waals surface area contributed by atoms with E-state index in [9.17, 15) is 4.79 Å². The molecule has 1 saturated heterocycles. The minimum atomic E-state index is -0.259. The molecule has 6 nitrogen and oxygen atoms in total. The molecule has 3 aromatic rings. The Balaban J connectivity index is 1.46. The van der Waals surface area contributed by atoms with Gasteiger partial charge in [0.1, 0.15) is 17.3 Å². The number of hydrogen-bond donors (Lipinski definition) is 2. The fourth-order valence-electron chi connectivity index (χ4n) is 3.52. The maximum atomic E-state index is 12.6. The standard InChI is InChI=1S/C23H25N5O/c1-17-24-21(23(29)27-18-8-4-2-5-9-18)16-22(25-17)26-19-10-12-20(13-11-19)28-14-6-3-7-15-28/h2,4-5,8-13,16H,3,6-7,14-15H2,1H3,(H,27,29)(H,24,25,26). The fraction of sp³-hybridized carbons (Fsp3) is 0.261. The number of carbonyl (C=O) groups excluding carboxylic acids is 1. The number of carbonyl (C=O) groups is 1. The molecule has 0 spiro atoms. The molecule has 148 valence electrons. The van der Waals surface area contributed by atoms with Gasteiger partial charge in [0.05, 0.1) is 0 Å². The predicted molar refractivity (Wildman–Crippen MR) is 117 cm³/mol. The van der Waals surface area contributed by atoms with Crippen LogP contribution in [-0.4, -0.2) is 29.0 Å². The lowest BCUT2D eigenvalue weighted by Gasteiger charge is -2.28. The monoisotopic (exact) mass is 387 g/mol. The van der Waals surface area contributed by atoms with E-state index in [0.717, 1.165) is 24.5 Å². The summed E-state index contributed by atoms with van der Waals surface area (Å²) in [6.07, 6.45) is 3.84. The number of rotatable bonds is 5. The minimum Gasteiger partial charge on any atom is -0.372 e. The van der Waals surface area contributed by atoms with Gasteiger partial charge in [0.15, 0.2) is 0 Å². The summed E-state index contributed by atoms with van der Waals surface area (Å²) in [6.45, 7) is 4.03. The fourth-order valence-corrected chi connectivity index (χ4v) is 3.52. The number of para-hydroxylation sites is 1. The molecule has 29 heavy (non-hydrogen) atoms. The van der Waals surface area contributed by atoms with E-state index in [1.807, 2.05) is 42.5 Å². The number of piperidine rings is 1. The Bertz CT molecular complexity index is 966. The van der Waals surface area contributed by atoms with Crippen LogP contribution >= 0.6 is 0 Å². The average Bonchev–Trinajstić information content (AvgIpc) is 2.75. The second-order valence-electron chi connectivity index (χ2n) is 7.23. The lowest BCUT2D eigenvalue weighted by atomic mass is 10.1. The molecule has 0 saturated carbocycles. The van der Waals surface area contributed by atoms with Crippen molar-refractivity contribution in [3.05, 3.63) is 72.2 Å². The van der Waals surface area contributed by atoms with Crippen molar-refractivity contribution in [2.24, 2.45) is 0 Å². The lowest BCUT2D eigenvalue weighted by Crippen LogP contribution is -2.29. The number of hydrogen-bond acceptors (Lipinski definition) is 5. The Morgan fingerprint density at radius 2 is 1.62 bits per heavy atom. The maximum Gasteiger partial charge on any atom is 0.274 e. The number of nitrogens with one attached hydrogen (secondary N) is 2. The van der Waals surface area contributed by atoms with Crippen LogP contribution in [0.1, 0.15) is 35.6 Å². The SMILES string of the molecule is Cc1nc(Nc2ccc(N3CCCCC3)cc2)cc(C(=O)Nc2ccccc2)n1. The molecule has 6 heteroatoms. The van der Waals surface area contributed by atoms with Gasteiger partial charge in [-0.25, -0.2) is 9.97 Å². The second kappa shape index (κ2) is 8.73. The number of benzene rings is 2. The Kier molecular flexibility index (Phi) is 5.70. The van der Waals surface area contributed by atoms with Gasteiger partial charge in [-0.15, -0.1) is 0 Å². The first-order valence-electron chi connectivity index (χ1n) is 10.0. The van der Waals surface area contributed by atoms with Gasteiger partial charge in [-0.05, 0) is 62.6 Å². The van der Waals surface area contributed by atoms with E-state index >= 15 is 0 Å². The molecule has 1 aliphatic heterocycles. The van der Waals surface area contributed by atoms with Gasteiger partial charge in [0.2, 0.25) is 0 Å². The van der Waals surface area contributed by atoms with Crippen LogP contribution in [0.5, 0.6) is 0 Å². The zero-order valence-electron chi connectivity index (χ0n) is 16.6. The summed E-state index contributed by atoms with van der Waals surface area (Å²) in [6, 6.07) is 19.4. The smallest absolute Gasteiger partial charge is 0.274 e. The molecule has 2 heterocycles. The minimum absolute atomic E-state index is 0.259. The Morgan fingerprint density at radius 3 is 2.34 bits per heavy atom. The van der Waals surface area contributed by atoms with Crippen LogP contribution in [0.25, 0.3) is 0 Å². The van der Waals surface area contributed by atoms with Gasteiger partial charge < -0.3 is 15.5 Å². The van der Waals surface area contributed by atoms with Crippen molar-refractivity contribution in [1.82, 2.24) is 9.97 Å². The quantitative estimate of drug-likeness (QED) is 0.660. The van der Waals surface area contributed by atoms with Crippen molar-refractivity contribution >= 4 is 28.8 Å². The average molecular weight is 387 g/mol. The van der Waals surface area contributed by atoms with E-state index < -0.39 is 0 Å². The largest absolute Gasteiger partial charge is 0.372 e. The number of aryl methyl sites for hydroxylation is 1. The number of anilines is 4. The summed E-state index contributed by atoms with van der Waals surface area (Å²) >= 11 is 0. The van der Waals surface area contributed by atoms with Crippen molar-refractivity contribution in [2.45, 2.75) is 26.2 Å². The predicted octanol–water partition coefficient (Wildman–Crippen LogP) is 4.77. The first kappa shape index (κ1) is 18.9. The second-order valence-corrected chi connectivity index (χ2v) is 7.23. The van der Waals surface area contributed by atoms with Gasteiger partial charge >= 0.3 is 0 Å². The van der Waals surface area contributed by atoms with Crippen LogP contribution in [0.4, 0.5) is 22.9 Å². The van der Waals surface area contributed by atoms with Crippen LogP contribution in [-0.2, 0) is 0 Å². The third-order valence-corrected chi connectivity index (χ3v) is 4.96. The molecule has 0 aliphatic carbocycles. The molecule has 0 unspecified atom stereocenters. The molecule has 0 bridgehead atoms. The van der Waals surface area contributed by atoms with Gasteiger partial charge in [-0.2, -0.15) is 0 Å². The van der Waals surface area contributed by atoms with Crippen molar-refractivity contribution in [3.63, 3.8) is 0 Å². The maximum absolute atomic E-state index is 12.6. The van der Waals surface area contributed by atoms with Crippen LogP contribution in [0.2, 0.25) is 0 Å². The number of amides is 1. The van der Waals surface area contributed by atoms with E-state index in [0.29, 0.717) is 17.3 Å². The van der Waals surface area contributed by atoms with Gasteiger partial charge in [0, 0.05) is 36.2 Å². The topological polar surface area (TPSA) is 70.2 Å². The normalized spacial score (nSPS) is 13.8. The molecular weight excluding hydrogens is 362 g/mol.